The minimum Gasteiger partial charge on any atom is -0.382 e. The van der Waals surface area contributed by atoms with Crippen molar-refractivity contribution >= 4 is 26.9 Å². The fraction of sp³-hybridized carbons (Fsp3) is 0.647. The summed E-state index contributed by atoms with van der Waals surface area (Å²) in [6.45, 7) is 9.41. The van der Waals surface area contributed by atoms with Crippen molar-refractivity contribution in [2.75, 3.05) is 18.9 Å². The van der Waals surface area contributed by atoms with Crippen LogP contribution in [0.3, 0.4) is 0 Å². The number of sulfonamides is 1. The number of hydrogen-bond donors (Lipinski definition) is 2. The number of rotatable bonds is 10. The molecule has 2 rings (SSSR count). The minimum atomic E-state index is -3.21. The van der Waals surface area contributed by atoms with Gasteiger partial charge in [-0.2, -0.15) is 0 Å². The van der Waals surface area contributed by atoms with Crippen molar-refractivity contribution in [2.45, 2.75) is 58.9 Å². The zero-order valence-electron chi connectivity index (χ0n) is 15.9. The molecule has 0 atom stereocenters. The lowest BCUT2D eigenvalue weighted by Gasteiger charge is -2.12. The summed E-state index contributed by atoms with van der Waals surface area (Å²) in [5, 5.41) is -0.420. The Morgan fingerprint density at radius 3 is 2.73 bits per heavy atom. The lowest BCUT2D eigenvalue weighted by molar-refractivity contribution is 0.126. The first-order chi connectivity index (χ1) is 12.3. The van der Waals surface area contributed by atoms with Crippen LogP contribution >= 0.6 is 0 Å². The summed E-state index contributed by atoms with van der Waals surface area (Å²) >= 11 is 0. The molecule has 0 aliphatic carbocycles. The van der Waals surface area contributed by atoms with E-state index < -0.39 is 15.3 Å². The first kappa shape index (κ1) is 20.6. The third-order valence-electron chi connectivity index (χ3n) is 4.23. The van der Waals surface area contributed by atoms with Gasteiger partial charge in [0.15, 0.2) is 5.82 Å². The number of fused-ring (bicyclic) bond motifs is 1. The van der Waals surface area contributed by atoms with Gasteiger partial charge in [0, 0.05) is 25.9 Å². The van der Waals surface area contributed by atoms with E-state index in [1.54, 1.807) is 20.0 Å². The Morgan fingerprint density at radius 2 is 2.08 bits per heavy atom. The van der Waals surface area contributed by atoms with E-state index in [0.29, 0.717) is 37.6 Å². The topological polar surface area (TPSA) is 112 Å². The first-order valence-electron chi connectivity index (χ1n) is 8.94. The van der Waals surface area contributed by atoms with E-state index >= 15 is 0 Å². The van der Waals surface area contributed by atoms with Crippen LogP contribution < -0.4 is 10.5 Å². The van der Waals surface area contributed by atoms with Gasteiger partial charge in [-0.1, -0.05) is 0 Å². The van der Waals surface area contributed by atoms with Crippen LogP contribution in [0, 0.1) is 6.92 Å². The van der Waals surface area contributed by atoms with Crippen molar-refractivity contribution in [3.63, 3.8) is 0 Å². The number of nitrogens with two attached hydrogens (primary N) is 1. The fourth-order valence-electron chi connectivity index (χ4n) is 2.69. The molecular weight excluding hydrogens is 354 g/mol. The van der Waals surface area contributed by atoms with Gasteiger partial charge in [0.2, 0.25) is 10.0 Å². The summed E-state index contributed by atoms with van der Waals surface area (Å²) in [5.74, 6) is 1.22. The average molecular weight is 384 g/mol. The predicted molar refractivity (Wildman–Crippen MR) is 103 cm³/mol. The number of hydrogen-bond acceptors (Lipinski definition) is 6. The van der Waals surface area contributed by atoms with Crippen LogP contribution in [0.2, 0.25) is 0 Å². The molecule has 2 aromatic rings. The second-order valence-electron chi connectivity index (χ2n) is 6.54. The number of pyridine rings is 1. The van der Waals surface area contributed by atoms with Gasteiger partial charge in [-0.25, -0.2) is 23.1 Å². The number of imidazole rings is 1. The molecule has 8 nitrogen and oxygen atoms in total. The maximum Gasteiger partial charge on any atom is 0.213 e. The third-order valence-corrected chi connectivity index (χ3v) is 6.08. The summed E-state index contributed by atoms with van der Waals surface area (Å²) in [7, 11) is -3.21. The largest absolute Gasteiger partial charge is 0.382 e. The maximum absolute atomic E-state index is 11.8. The van der Waals surface area contributed by atoms with Crippen LogP contribution in [0.1, 0.15) is 45.0 Å². The Balaban J connectivity index is 2.11. The molecule has 3 N–H and O–H groups in total. The molecule has 0 bridgehead atoms. The van der Waals surface area contributed by atoms with E-state index in [-0.39, 0.29) is 0 Å². The SMILES string of the molecule is CCOCc1nc2c(N)ncc(C)c2n1CCCCNS(=O)(=O)C(C)C. The first-order valence-corrected chi connectivity index (χ1v) is 10.5. The smallest absolute Gasteiger partial charge is 0.213 e. The third kappa shape index (κ3) is 4.72. The highest BCUT2D eigenvalue weighted by atomic mass is 32.2. The normalized spacial score (nSPS) is 12.3. The molecule has 0 spiro atoms. The van der Waals surface area contributed by atoms with Crippen LogP contribution in [0.5, 0.6) is 0 Å². The van der Waals surface area contributed by atoms with Crippen LogP contribution in [-0.4, -0.2) is 41.4 Å². The van der Waals surface area contributed by atoms with Crippen molar-refractivity contribution in [3.8, 4) is 0 Å². The molecule has 0 radical (unpaired) electrons. The number of anilines is 1. The Morgan fingerprint density at radius 1 is 1.35 bits per heavy atom. The molecule has 0 aliphatic heterocycles. The molecule has 0 aliphatic rings. The van der Waals surface area contributed by atoms with Crippen LogP contribution in [0.15, 0.2) is 6.20 Å². The highest BCUT2D eigenvalue weighted by Gasteiger charge is 2.16. The highest BCUT2D eigenvalue weighted by Crippen LogP contribution is 2.24. The van der Waals surface area contributed by atoms with E-state index in [1.165, 1.54) is 0 Å². The molecule has 9 heteroatoms. The van der Waals surface area contributed by atoms with E-state index in [4.69, 9.17) is 10.5 Å². The summed E-state index contributed by atoms with van der Waals surface area (Å²) < 4.78 is 33.9. The quantitative estimate of drug-likeness (QED) is 0.607. The lowest BCUT2D eigenvalue weighted by atomic mass is 10.2. The number of aromatic nitrogens is 3. The molecule has 146 valence electrons. The van der Waals surface area contributed by atoms with E-state index in [1.807, 2.05) is 13.8 Å². The van der Waals surface area contributed by atoms with Gasteiger partial charge in [-0.3, -0.25) is 0 Å². The molecule has 0 fully saturated rings. The van der Waals surface area contributed by atoms with Crippen molar-refractivity contribution in [3.05, 3.63) is 17.6 Å². The molecule has 2 aromatic heterocycles. The van der Waals surface area contributed by atoms with Crippen LogP contribution in [0.4, 0.5) is 5.82 Å². The zero-order valence-corrected chi connectivity index (χ0v) is 16.8. The Hall–Kier alpha value is -1.71. The minimum absolute atomic E-state index is 0.407. The van der Waals surface area contributed by atoms with E-state index in [9.17, 15) is 8.42 Å². The average Bonchev–Trinajstić information content (AvgIpc) is 2.95. The van der Waals surface area contributed by atoms with Crippen molar-refractivity contribution in [1.82, 2.24) is 19.3 Å². The van der Waals surface area contributed by atoms with Gasteiger partial charge in [-0.05, 0) is 46.1 Å². The molecule has 0 aromatic carbocycles. The summed E-state index contributed by atoms with van der Waals surface area (Å²) in [6.07, 6.45) is 3.29. The zero-order chi connectivity index (χ0) is 19.3. The van der Waals surface area contributed by atoms with Crippen molar-refractivity contribution < 1.29 is 13.2 Å². The van der Waals surface area contributed by atoms with Crippen LogP contribution in [0.25, 0.3) is 11.0 Å². The standard InChI is InChI=1S/C17H29N5O3S/c1-5-25-11-14-21-15-16(13(4)10-19-17(15)18)22(14)9-7-6-8-20-26(23,24)12(2)3/h10,12,20H,5-9,11H2,1-4H3,(H2,18,19). The van der Waals surface area contributed by atoms with Gasteiger partial charge in [0.1, 0.15) is 17.9 Å². The number of ether oxygens (including phenoxy) is 1. The number of nitrogens with zero attached hydrogens (tertiary/aromatic N) is 3. The van der Waals surface area contributed by atoms with Gasteiger partial charge < -0.3 is 15.0 Å². The molecule has 0 amide bonds. The summed E-state index contributed by atoms with van der Waals surface area (Å²) in [6, 6.07) is 0. The molecule has 2 heterocycles. The molecule has 26 heavy (non-hydrogen) atoms. The molecule has 0 saturated heterocycles. The lowest BCUT2D eigenvalue weighted by Crippen LogP contribution is -2.31. The molecular formula is C17H29N5O3S. The Kier molecular flexibility index (Phi) is 6.96. The fourth-order valence-corrected chi connectivity index (χ4v) is 3.45. The number of aryl methyl sites for hydroxylation is 2. The number of unbranched alkanes of at least 4 members (excludes halogenated alkanes) is 1. The van der Waals surface area contributed by atoms with Gasteiger partial charge in [0.25, 0.3) is 0 Å². The van der Waals surface area contributed by atoms with E-state index in [2.05, 4.69) is 19.3 Å². The number of nitrogens with one attached hydrogen (secondary N) is 1. The van der Waals surface area contributed by atoms with Gasteiger partial charge in [0.05, 0.1) is 10.8 Å². The predicted octanol–water partition coefficient (Wildman–Crippen LogP) is 1.97. The monoisotopic (exact) mass is 383 g/mol. The second-order valence-corrected chi connectivity index (χ2v) is 8.86. The second kappa shape index (κ2) is 8.79. The van der Waals surface area contributed by atoms with Crippen LogP contribution in [-0.2, 0) is 27.9 Å². The highest BCUT2D eigenvalue weighted by molar-refractivity contribution is 7.90. The van der Waals surface area contributed by atoms with E-state index in [0.717, 1.165) is 29.7 Å². The summed E-state index contributed by atoms with van der Waals surface area (Å²) in [4.78, 5) is 8.79. The van der Waals surface area contributed by atoms with Gasteiger partial charge >= 0.3 is 0 Å². The van der Waals surface area contributed by atoms with Gasteiger partial charge in [-0.15, -0.1) is 0 Å². The van der Waals surface area contributed by atoms with Crippen molar-refractivity contribution in [2.24, 2.45) is 0 Å². The molecule has 0 saturated carbocycles. The van der Waals surface area contributed by atoms with Crippen molar-refractivity contribution in [1.29, 1.82) is 0 Å². The Bertz CT molecular complexity index is 846. The number of nitrogen functional groups attached to an aromatic ring is 1. The Labute approximate surface area is 155 Å². The maximum atomic E-state index is 11.8. The summed E-state index contributed by atoms with van der Waals surface area (Å²) in [5.41, 5.74) is 8.65. The molecule has 0 unspecified atom stereocenters.